The van der Waals surface area contributed by atoms with Gasteiger partial charge in [0.05, 0.1) is 0 Å². The van der Waals surface area contributed by atoms with E-state index in [2.05, 4.69) is 30.8 Å². The van der Waals surface area contributed by atoms with Crippen LogP contribution in [0, 0.1) is 12.3 Å². The lowest BCUT2D eigenvalue weighted by Gasteiger charge is -2.23. The summed E-state index contributed by atoms with van der Waals surface area (Å²) < 4.78 is 27.6. The van der Waals surface area contributed by atoms with Gasteiger partial charge in [0.2, 0.25) is 10.0 Å². The summed E-state index contributed by atoms with van der Waals surface area (Å²) in [6, 6.07) is 0. The zero-order chi connectivity index (χ0) is 14.7. The van der Waals surface area contributed by atoms with Gasteiger partial charge in [0.1, 0.15) is 4.90 Å². The van der Waals surface area contributed by atoms with Gasteiger partial charge in [-0.05, 0) is 36.8 Å². The van der Waals surface area contributed by atoms with E-state index in [0.717, 1.165) is 16.9 Å². The molecule has 0 aliphatic heterocycles. The van der Waals surface area contributed by atoms with Gasteiger partial charge in [-0.2, -0.15) is 0 Å². The van der Waals surface area contributed by atoms with E-state index in [0.29, 0.717) is 18.0 Å². The highest BCUT2D eigenvalue weighted by molar-refractivity contribution is 7.89. The number of aryl methyl sites for hydroxylation is 1. The van der Waals surface area contributed by atoms with Crippen LogP contribution in [0.2, 0.25) is 0 Å². The van der Waals surface area contributed by atoms with Crippen LogP contribution >= 0.6 is 11.3 Å². The van der Waals surface area contributed by atoms with E-state index in [1.807, 2.05) is 19.4 Å². The van der Waals surface area contributed by atoms with E-state index in [-0.39, 0.29) is 5.41 Å². The smallest absolute Gasteiger partial charge is 0.242 e. The molecule has 0 spiro atoms. The second-order valence-corrected chi connectivity index (χ2v) is 8.21. The second kappa shape index (κ2) is 6.35. The number of rotatable bonds is 7. The Labute approximate surface area is 120 Å². The first-order valence-corrected chi connectivity index (χ1v) is 8.81. The van der Waals surface area contributed by atoms with Crippen molar-refractivity contribution in [3.8, 4) is 0 Å². The number of hydrogen-bond acceptors (Lipinski definition) is 4. The minimum Gasteiger partial charge on any atom is -0.315 e. The molecule has 0 amide bonds. The van der Waals surface area contributed by atoms with Crippen LogP contribution < -0.4 is 10.0 Å². The van der Waals surface area contributed by atoms with Crippen molar-refractivity contribution in [3.05, 3.63) is 15.8 Å². The lowest BCUT2D eigenvalue weighted by Crippen LogP contribution is -2.34. The van der Waals surface area contributed by atoms with E-state index < -0.39 is 10.0 Å². The Morgan fingerprint density at radius 3 is 2.53 bits per heavy atom. The Morgan fingerprint density at radius 2 is 2.00 bits per heavy atom. The zero-order valence-electron chi connectivity index (χ0n) is 12.3. The standard InChI is InChI=1S/C13H24N2O2S2/c1-6-13(3,4)9-15-19(16,17)12-10(2)8-18-11(12)7-14-5/h8,14-15H,6-7,9H2,1-5H3. The van der Waals surface area contributed by atoms with Crippen molar-refractivity contribution in [1.82, 2.24) is 10.0 Å². The van der Waals surface area contributed by atoms with Crippen molar-refractivity contribution in [2.75, 3.05) is 13.6 Å². The molecule has 0 aliphatic rings. The van der Waals surface area contributed by atoms with Gasteiger partial charge < -0.3 is 5.32 Å². The summed E-state index contributed by atoms with van der Waals surface area (Å²) in [5.74, 6) is 0. The molecule has 19 heavy (non-hydrogen) atoms. The number of thiophene rings is 1. The van der Waals surface area contributed by atoms with E-state index in [4.69, 9.17) is 0 Å². The summed E-state index contributed by atoms with van der Waals surface area (Å²) in [6.07, 6.45) is 0.932. The molecule has 0 aromatic carbocycles. The van der Waals surface area contributed by atoms with Crippen LogP contribution in [0.25, 0.3) is 0 Å². The molecule has 1 aromatic heterocycles. The summed E-state index contributed by atoms with van der Waals surface area (Å²) in [6.45, 7) is 9.06. The maximum absolute atomic E-state index is 12.4. The third-order valence-electron chi connectivity index (χ3n) is 3.29. The van der Waals surface area contributed by atoms with E-state index >= 15 is 0 Å². The average Bonchev–Trinajstić information content (AvgIpc) is 2.70. The third kappa shape index (κ3) is 4.27. The van der Waals surface area contributed by atoms with Crippen LogP contribution in [0.1, 0.15) is 37.6 Å². The fraction of sp³-hybridized carbons (Fsp3) is 0.692. The van der Waals surface area contributed by atoms with Crippen molar-refractivity contribution < 1.29 is 8.42 Å². The Hall–Kier alpha value is -0.430. The van der Waals surface area contributed by atoms with E-state index in [9.17, 15) is 8.42 Å². The van der Waals surface area contributed by atoms with Crippen molar-refractivity contribution in [3.63, 3.8) is 0 Å². The van der Waals surface area contributed by atoms with Gasteiger partial charge in [0, 0.05) is 18.0 Å². The minimum absolute atomic E-state index is 0.0276. The summed E-state index contributed by atoms with van der Waals surface area (Å²) in [4.78, 5) is 1.31. The molecular weight excluding hydrogens is 280 g/mol. The molecule has 0 unspecified atom stereocenters. The molecule has 1 heterocycles. The van der Waals surface area contributed by atoms with Gasteiger partial charge in [-0.25, -0.2) is 13.1 Å². The number of sulfonamides is 1. The van der Waals surface area contributed by atoms with Crippen LogP contribution in [0.5, 0.6) is 0 Å². The predicted molar refractivity (Wildman–Crippen MR) is 81.1 cm³/mol. The SMILES string of the molecule is CCC(C)(C)CNS(=O)(=O)c1c(C)csc1CNC. The highest BCUT2D eigenvalue weighted by atomic mass is 32.2. The molecule has 0 saturated carbocycles. The van der Waals surface area contributed by atoms with Gasteiger partial charge in [0.25, 0.3) is 0 Å². The fourth-order valence-electron chi connectivity index (χ4n) is 1.62. The summed E-state index contributed by atoms with van der Waals surface area (Å²) in [5.41, 5.74) is 0.789. The average molecular weight is 304 g/mol. The predicted octanol–water partition coefficient (Wildman–Crippen LogP) is 2.49. The monoisotopic (exact) mass is 304 g/mol. The minimum atomic E-state index is -3.42. The maximum atomic E-state index is 12.4. The molecule has 4 nitrogen and oxygen atoms in total. The summed E-state index contributed by atoms with van der Waals surface area (Å²) >= 11 is 1.49. The molecule has 2 N–H and O–H groups in total. The van der Waals surface area contributed by atoms with Crippen LogP contribution in [-0.2, 0) is 16.6 Å². The quantitative estimate of drug-likeness (QED) is 0.813. The van der Waals surface area contributed by atoms with Crippen LogP contribution in [0.4, 0.5) is 0 Å². The van der Waals surface area contributed by atoms with Crippen LogP contribution in [0.3, 0.4) is 0 Å². The topological polar surface area (TPSA) is 58.2 Å². The van der Waals surface area contributed by atoms with Gasteiger partial charge in [-0.15, -0.1) is 11.3 Å². The highest BCUT2D eigenvalue weighted by Crippen LogP contribution is 2.27. The van der Waals surface area contributed by atoms with Gasteiger partial charge in [0.15, 0.2) is 0 Å². The van der Waals surface area contributed by atoms with Gasteiger partial charge in [-0.3, -0.25) is 0 Å². The summed E-state index contributed by atoms with van der Waals surface area (Å²) in [7, 11) is -1.60. The van der Waals surface area contributed by atoms with Crippen LogP contribution in [0.15, 0.2) is 10.3 Å². The highest BCUT2D eigenvalue weighted by Gasteiger charge is 2.25. The van der Waals surface area contributed by atoms with E-state index in [1.165, 1.54) is 11.3 Å². The molecule has 6 heteroatoms. The largest absolute Gasteiger partial charge is 0.315 e. The second-order valence-electron chi connectivity index (χ2n) is 5.54. The van der Waals surface area contributed by atoms with Crippen molar-refractivity contribution in [1.29, 1.82) is 0 Å². The lowest BCUT2D eigenvalue weighted by molar-refractivity contribution is 0.350. The van der Waals surface area contributed by atoms with Gasteiger partial charge >= 0.3 is 0 Å². The molecule has 0 radical (unpaired) electrons. The zero-order valence-corrected chi connectivity index (χ0v) is 14.0. The van der Waals surface area contributed by atoms with Crippen molar-refractivity contribution in [2.24, 2.45) is 5.41 Å². The number of nitrogens with one attached hydrogen (secondary N) is 2. The molecular formula is C13H24N2O2S2. The first kappa shape index (κ1) is 16.6. The molecule has 0 bridgehead atoms. The number of hydrogen-bond donors (Lipinski definition) is 2. The van der Waals surface area contributed by atoms with Crippen molar-refractivity contribution >= 4 is 21.4 Å². The third-order valence-corrected chi connectivity index (χ3v) is 6.16. The molecule has 1 rings (SSSR count). The Bertz CT molecular complexity index is 519. The Kier molecular flexibility index (Phi) is 5.55. The lowest BCUT2D eigenvalue weighted by atomic mass is 9.91. The first-order valence-electron chi connectivity index (χ1n) is 6.44. The van der Waals surface area contributed by atoms with Crippen molar-refractivity contribution in [2.45, 2.75) is 45.6 Å². The molecule has 0 atom stereocenters. The van der Waals surface area contributed by atoms with Gasteiger partial charge in [-0.1, -0.05) is 20.8 Å². The molecule has 0 fully saturated rings. The molecule has 0 aliphatic carbocycles. The fourth-order valence-corrected chi connectivity index (χ4v) is 4.68. The Morgan fingerprint density at radius 1 is 1.37 bits per heavy atom. The maximum Gasteiger partial charge on any atom is 0.242 e. The Balaban J connectivity index is 2.97. The summed E-state index contributed by atoms with van der Waals surface area (Å²) in [5, 5.41) is 4.91. The van der Waals surface area contributed by atoms with E-state index in [1.54, 1.807) is 0 Å². The first-order chi connectivity index (χ1) is 8.73. The molecule has 0 saturated heterocycles. The normalized spacial score (nSPS) is 12.9. The molecule has 110 valence electrons. The molecule has 1 aromatic rings. The van der Waals surface area contributed by atoms with Crippen LogP contribution in [-0.4, -0.2) is 22.0 Å².